The molecule has 0 aliphatic heterocycles. The van der Waals surface area contributed by atoms with Crippen molar-refractivity contribution in [3.05, 3.63) is 127 Å². The molecular weight excluding hydrogens is 717 g/mol. The zero-order chi connectivity index (χ0) is 30.3. The molecule has 2 heterocycles. The van der Waals surface area contributed by atoms with Crippen molar-refractivity contribution in [3.63, 3.8) is 0 Å². The van der Waals surface area contributed by atoms with Gasteiger partial charge in [-0.05, 0) is 57.1 Å². The third-order valence-corrected chi connectivity index (χ3v) is 9.31. The molecule has 0 saturated heterocycles. The quantitative estimate of drug-likeness (QED) is 0.127. The third-order valence-electron chi connectivity index (χ3n) is 7.24. The molecule has 2 nitrogen and oxygen atoms in total. The standard InChI is InChI=1S/C21H20N.C18H24NSi.Ir/c1-21(2,3)19-11-9-16(10-12-19)18-13-14-22-20(15-18)17-7-5-4-6-8-17;1-14(2)11-16-12-17(15-9-7-6-8-10-15)19-13-18(16)20(3,4)5;/h4-7,9-15H,1-3H3;6-9,12-14H,11H2,1-5H3;/q2*-1;. The van der Waals surface area contributed by atoms with E-state index < -0.39 is 8.07 Å². The van der Waals surface area contributed by atoms with Crippen LogP contribution >= 0.6 is 0 Å². The SMILES string of the molecule is CC(C)(C)c1ccc(-c2ccnc(-c3[c-]cccc3)c2)cc1.CC(C)Cc1cc(-c2[c-]cccc2)ncc1[Si](C)(C)C.[Ir]. The van der Waals surface area contributed by atoms with Crippen LogP contribution in [0.2, 0.25) is 19.6 Å². The Morgan fingerprint density at radius 1 is 0.721 bits per heavy atom. The van der Waals surface area contributed by atoms with Crippen LogP contribution in [0.15, 0.2) is 103 Å². The van der Waals surface area contributed by atoms with Crippen LogP contribution in [0.25, 0.3) is 33.6 Å². The molecule has 225 valence electrons. The summed E-state index contributed by atoms with van der Waals surface area (Å²) in [6.07, 6.45) is 5.10. The largest absolute Gasteiger partial charge is 0.305 e. The predicted octanol–water partition coefficient (Wildman–Crippen LogP) is 9.80. The van der Waals surface area contributed by atoms with Gasteiger partial charge in [-0.15, -0.1) is 71.8 Å². The van der Waals surface area contributed by atoms with Crippen LogP contribution in [0.5, 0.6) is 0 Å². The number of hydrogen-bond donors (Lipinski definition) is 0. The first-order valence-corrected chi connectivity index (χ1v) is 18.4. The molecular formula is C39H44IrN2Si-2. The minimum Gasteiger partial charge on any atom is -0.305 e. The first-order chi connectivity index (χ1) is 19.9. The van der Waals surface area contributed by atoms with Gasteiger partial charge in [-0.3, -0.25) is 0 Å². The normalized spacial score (nSPS) is 11.4. The van der Waals surface area contributed by atoms with Gasteiger partial charge in [-0.25, -0.2) is 0 Å². The summed E-state index contributed by atoms with van der Waals surface area (Å²) in [6.45, 7) is 18.4. The maximum absolute atomic E-state index is 4.69. The van der Waals surface area contributed by atoms with Crippen LogP contribution in [-0.4, -0.2) is 18.0 Å². The number of hydrogen-bond acceptors (Lipinski definition) is 2. The molecule has 2 aromatic heterocycles. The summed E-state index contributed by atoms with van der Waals surface area (Å²) >= 11 is 0. The van der Waals surface area contributed by atoms with Crippen LogP contribution in [0.3, 0.4) is 0 Å². The summed E-state index contributed by atoms with van der Waals surface area (Å²) in [7, 11) is -1.34. The summed E-state index contributed by atoms with van der Waals surface area (Å²) in [5, 5.41) is 1.49. The summed E-state index contributed by atoms with van der Waals surface area (Å²) in [6, 6.07) is 37.8. The maximum atomic E-state index is 4.69. The molecule has 1 radical (unpaired) electrons. The van der Waals surface area contributed by atoms with Gasteiger partial charge in [0.05, 0.1) is 8.07 Å². The molecule has 43 heavy (non-hydrogen) atoms. The first-order valence-electron chi connectivity index (χ1n) is 14.9. The van der Waals surface area contributed by atoms with Crippen LogP contribution in [0, 0.1) is 18.1 Å². The maximum Gasteiger partial charge on any atom is 0.0798 e. The van der Waals surface area contributed by atoms with E-state index in [1.54, 1.807) is 0 Å². The molecule has 0 N–H and O–H groups in total. The van der Waals surface area contributed by atoms with Gasteiger partial charge < -0.3 is 9.97 Å². The van der Waals surface area contributed by atoms with Crippen LogP contribution in [-0.2, 0) is 31.9 Å². The van der Waals surface area contributed by atoms with Gasteiger partial charge in [0.25, 0.3) is 0 Å². The summed E-state index contributed by atoms with van der Waals surface area (Å²) in [4.78, 5) is 9.15. The molecule has 0 aliphatic carbocycles. The van der Waals surface area contributed by atoms with Gasteiger partial charge in [-0.2, -0.15) is 0 Å². The zero-order valence-electron chi connectivity index (χ0n) is 26.8. The van der Waals surface area contributed by atoms with E-state index in [-0.39, 0.29) is 25.5 Å². The molecule has 4 heteroatoms. The predicted molar refractivity (Wildman–Crippen MR) is 183 cm³/mol. The number of pyridine rings is 2. The molecule has 0 aliphatic rings. The second kappa shape index (κ2) is 15.0. The molecule has 0 unspecified atom stereocenters. The first kappa shape index (κ1) is 34.3. The fourth-order valence-electron chi connectivity index (χ4n) is 4.95. The van der Waals surface area contributed by atoms with E-state index in [1.165, 1.54) is 27.4 Å². The number of benzene rings is 3. The Kier molecular flexibility index (Phi) is 12.0. The average molecular weight is 761 g/mol. The van der Waals surface area contributed by atoms with Crippen molar-refractivity contribution in [2.75, 3.05) is 0 Å². The minimum atomic E-state index is -1.34. The molecule has 0 bridgehead atoms. The van der Waals surface area contributed by atoms with E-state index >= 15 is 0 Å². The van der Waals surface area contributed by atoms with Crippen molar-refractivity contribution in [2.45, 2.75) is 66.1 Å². The Hall–Kier alpha value is -3.17. The molecule has 0 atom stereocenters. The van der Waals surface area contributed by atoms with Gasteiger partial charge in [0.15, 0.2) is 0 Å². The van der Waals surface area contributed by atoms with E-state index in [4.69, 9.17) is 0 Å². The molecule has 3 aromatic carbocycles. The van der Waals surface area contributed by atoms with Crippen LogP contribution in [0.4, 0.5) is 0 Å². The Balaban J connectivity index is 0.000000231. The summed E-state index contributed by atoms with van der Waals surface area (Å²) in [5.41, 5.74) is 9.51. The van der Waals surface area contributed by atoms with Crippen LogP contribution in [0.1, 0.15) is 45.7 Å². The van der Waals surface area contributed by atoms with E-state index in [1.807, 2.05) is 48.7 Å². The van der Waals surface area contributed by atoms with Gasteiger partial charge >= 0.3 is 0 Å². The monoisotopic (exact) mass is 761 g/mol. The summed E-state index contributed by atoms with van der Waals surface area (Å²) in [5.74, 6) is 0.667. The van der Waals surface area contributed by atoms with Crippen molar-refractivity contribution >= 4 is 13.3 Å². The van der Waals surface area contributed by atoms with E-state index in [9.17, 15) is 0 Å². The molecule has 0 fully saturated rings. The Morgan fingerprint density at radius 2 is 1.30 bits per heavy atom. The molecule has 5 aromatic rings. The Bertz CT molecular complexity index is 1570. The second-order valence-electron chi connectivity index (χ2n) is 13.4. The van der Waals surface area contributed by atoms with Crippen molar-refractivity contribution in [2.24, 2.45) is 5.92 Å². The smallest absolute Gasteiger partial charge is 0.0798 e. The zero-order valence-corrected chi connectivity index (χ0v) is 30.2. The van der Waals surface area contributed by atoms with Crippen LogP contribution < -0.4 is 5.19 Å². The van der Waals surface area contributed by atoms with E-state index in [2.05, 4.69) is 131 Å². The van der Waals surface area contributed by atoms with Gasteiger partial charge in [0, 0.05) is 32.5 Å². The Labute approximate surface area is 274 Å². The van der Waals surface area contributed by atoms with Gasteiger partial charge in [0.2, 0.25) is 0 Å². The van der Waals surface area contributed by atoms with E-state index in [0.717, 1.165) is 28.9 Å². The fraction of sp³-hybridized carbons (Fsp3) is 0.282. The number of aromatic nitrogens is 2. The summed E-state index contributed by atoms with van der Waals surface area (Å²) < 4.78 is 0. The molecule has 0 amide bonds. The topological polar surface area (TPSA) is 25.8 Å². The molecule has 0 saturated carbocycles. The molecule has 5 rings (SSSR count). The van der Waals surface area contributed by atoms with Crippen molar-refractivity contribution in [1.29, 1.82) is 0 Å². The Morgan fingerprint density at radius 3 is 1.79 bits per heavy atom. The fourth-order valence-corrected chi connectivity index (χ4v) is 6.54. The minimum absolute atomic E-state index is 0. The van der Waals surface area contributed by atoms with Crippen molar-refractivity contribution in [3.8, 4) is 33.6 Å². The van der Waals surface area contributed by atoms with Gasteiger partial charge in [-0.1, -0.05) is 96.2 Å². The van der Waals surface area contributed by atoms with Crippen molar-refractivity contribution < 1.29 is 20.1 Å². The number of rotatable bonds is 6. The molecule has 0 spiro atoms. The number of nitrogens with zero attached hydrogens (tertiary/aromatic N) is 2. The van der Waals surface area contributed by atoms with E-state index in [0.29, 0.717) is 5.92 Å². The van der Waals surface area contributed by atoms with Crippen molar-refractivity contribution in [1.82, 2.24) is 9.97 Å². The third kappa shape index (κ3) is 9.66. The second-order valence-corrected chi connectivity index (χ2v) is 18.4. The van der Waals surface area contributed by atoms with Gasteiger partial charge in [0.1, 0.15) is 0 Å². The average Bonchev–Trinajstić information content (AvgIpc) is 2.97.